The Labute approximate surface area is 185 Å². The summed E-state index contributed by atoms with van der Waals surface area (Å²) in [6.07, 6.45) is 0. The van der Waals surface area contributed by atoms with Gasteiger partial charge in [0, 0.05) is 16.0 Å². The van der Waals surface area contributed by atoms with Crippen molar-refractivity contribution in [2.45, 2.75) is 12.6 Å². The van der Waals surface area contributed by atoms with Gasteiger partial charge in [-0.25, -0.2) is 0 Å². The zero-order valence-electron chi connectivity index (χ0n) is 15.6. The van der Waals surface area contributed by atoms with Crippen LogP contribution < -0.4 is 5.43 Å². The summed E-state index contributed by atoms with van der Waals surface area (Å²) >= 11 is 9.46. The fraction of sp³-hybridized carbons (Fsp3) is 0.0833. The van der Waals surface area contributed by atoms with Gasteiger partial charge in [-0.3, -0.25) is 9.59 Å². The molecule has 0 saturated heterocycles. The van der Waals surface area contributed by atoms with Crippen molar-refractivity contribution in [1.29, 1.82) is 0 Å². The third kappa shape index (κ3) is 3.15. The summed E-state index contributed by atoms with van der Waals surface area (Å²) in [5.74, 6) is -0.184. The van der Waals surface area contributed by atoms with Crippen LogP contribution in [0.1, 0.15) is 33.3 Å². The number of carbonyl (C=O) groups excluding carboxylic acids is 1. The average molecular weight is 481 g/mol. The van der Waals surface area contributed by atoms with Crippen LogP contribution in [0.5, 0.6) is 0 Å². The molecular formula is C24H15BrClNO3. The summed E-state index contributed by atoms with van der Waals surface area (Å²) in [6.45, 7) is 0.330. The molecule has 0 saturated carbocycles. The fourth-order valence-electron chi connectivity index (χ4n) is 3.91. The molecule has 1 amide bonds. The zero-order valence-corrected chi connectivity index (χ0v) is 18.0. The van der Waals surface area contributed by atoms with Crippen LogP contribution >= 0.6 is 27.5 Å². The van der Waals surface area contributed by atoms with Crippen LogP contribution in [0.25, 0.3) is 11.0 Å². The van der Waals surface area contributed by atoms with Crippen molar-refractivity contribution >= 4 is 44.4 Å². The number of hydrogen-bond acceptors (Lipinski definition) is 3. The van der Waals surface area contributed by atoms with Gasteiger partial charge in [0.15, 0.2) is 5.43 Å². The number of carbonyl (C=O) groups is 1. The van der Waals surface area contributed by atoms with Crippen LogP contribution in [0, 0.1) is 0 Å². The van der Waals surface area contributed by atoms with Gasteiger partial charge in [-0.1, -0.05) is 63.9 Å². The van der Waals surface area contributed by atoms with E-state index in [4.69, 9.17) is 16.0 Å². The number of rotatable bonds is 3. The molecule has 1 aromatic heterocycles. The van der Waals surface area contributed by atoms with Gasteiger partial charge < -0.3 is 9.32 Å². The average Bonchev–Trinajstić information content (AvgIpc) is 3.03. The van der Waals surface area contributed by atoms with Gasteiger partial charge in [0.25, 0.3) is 5.91 Å². The van der Waals surface area contributed by atoms with Crippen molar-refractivity contribution < 1.29 is 9.21 Å². The molecule has 0 bridgehead atoms. The second-order valence-electron chi connectivity index (χ2n) is 7.18. The minimum atomic E-state index is -0.530. The largest absolute Gasteiger partial charge is 0.450 e. The molecule has 6 heteroatoms. The topological polar surface area (TPSA) is 50.5 Å². The Morgan fingerprint density at radius 1 is 0.933 bits per heavy atom. The molecule has 4 aromatic rings. The van der Waals surface area contributed by atoms with Gasteiger partial charge in [-0.15, -0.1) is 0 Å². The first-order valence-electron chi connectivity index (χ1n) is 9.39. The lowest BCUT2D eigenvalue weighted by Crippen LogP contribution is -2.29. The van der Waals surface area contributed by atoms with Gasteiger partial charge in [0.2, 0.25) is 5.76 Å². The molecule has 148 valence electrons. The molecule has 5 rings (SSSR count). The smallest absolute Gasteiger partial charge is 0.291 e. The predicted octanol–water partition coefficient (Wildman–Crippen LogP) is 5.95. The van der Waals surface area contributed by atoms with Crippen molar-refractivity contribution in [2.24, 2.45) is 0 Å². The molecule has 1 aliphatic rings. The van der Waals surface area contributed by atoms with Crippen LogP contribution in [-0.2, 0) is 6.54 Å². The number of fused-ring (bicyclic) bond motifs is 2. The van der Waals surface area contributed by atoms with E-state index in [1.165, 1.54) is 0 Å². The molecule has 1 unspecified atom stereocenters. The summed E-state index contributed by atoms with van der Waals surface area (Å²) < 4.78 is 6.86. The lowest BCUT2D eigenvalue weighted by molar-refractivity contribution is 0.0714. The Kier molecular flexibility index (Phi) is 4.72. The molecule has 0 N–H and O–H groups in total. The Balaban J connectivity index is 1.71. The predicted molar refractivity (Wildman–Crippen MR) is 120 cm³/mol. The molecule has 1 atom stereocenters. The highest BCUT2D eigenvalue weighted by atomic mass is 79.9. The quantitative estimate of drug-likeness (QED) is 0.364. The summed E-state index contributed by atoms with van der Waals surface area (Å²) in [7, 11) is 0. The van der Waals surface area contributed by atoms with E-state index in [2.05, 4.69) is 15.9 Å². The van der Waals surface area contributed by atoms with Gasteiger partial charge >= 0.3 is 0 Å². The molecular weight excluding hydrogens is 466 g/mol. The van der Waals surface area contributed by atoms with Crippen molar-refractivity contribution in [3.63, 3.8) is 0 Å². The van der Waals surface area contributed by atoms with E-state index in [1.807, 2.05) is 36.4 Å². The van der Waals surface area contributed by atoms with Gasteiger partial charge in [0.1, 0.15) is 5.58 Å². The van der Waals surface area contributed by atoms with Crippen molar-refractivity contribution in [1.82, 2.24) is 4.90 Å². The van der Waals surface area contributed by atoms with E-state index in [-0.39, 0.29) is 17.1 Å². The van der Waals surface area contributed by atoms with E-state index in [0.717, 1.165) is 15.6 Å². The third-order valence-corrected chi connectivity index (χ3v) is 6.11. The Morgan fingerprint density at radius 2 is 1.63 bits per heavy atom. The van der Waals surface area contributed by atoms with E-state index < -0.39 is 6.04 Å². The van der Waals surface area contributed by atoms with Gasteiger partial charge in [-0.05, 0) is 47.5 Å². The zero-order chi connectivity index (χ0) is 20.8. The van der Waals surface area contributed by atoms with E-state index in [9.17, 15) is 9.59 Å². The second-order valence-corrected chi connectivity index (χ2v) is 8.54. The van der Waals surface area contributed by atoms with E-state index in [1.54, 1.807) is 41.3 Å². The van der Waals surface area contributed by atoms with Crippen molar-refractivity contribution in [3.8, 4) is 0 Å². The first-order valence-corrected chi connectivity index (χ1v) is 10.6. The summed E-state index contributed by atoms with van der Waals surface area (Å²) in [5.41, 5.74) is 2.39. The number of hydrogen-bond donors (Lipinski definition) is 0. The van der Waals surface area contributed by atoms with Gasteiger partial charge in [-0.2, -0.15) is 0 Å². The summed E-state index contributed by atoms with van der Waals surface area (Å²) in [5, 5.41) is 1.10. The van der Waals surface area contributed by atoms with Crippen LogP contribution in [-0.4, -0.2) is 10.8 Å². The number of amides is 1. The molecule has 0 fully saturated rings. The lowest BCUT2D eigenvalue weighted by atomic mass is 9.98. The monoisotopic (exact) mass is 479 g/mol. The molecule has 4 nitrogen and oxygen atoms in total. The van der Waals surface area contributed by atoms with Crippen molar-refractivity contribution in [3.05, 3.63) is 115 Å². The highest BCUT2D eigenvalue weighted by Gasteiger charge is 2.42. The number of halogens is 2. The minimum Gasteiger partial charge on any atom is -0.450 e. The SMILES string of the molecule is O=C1c2oc3ccccc3c(=O)c2C(c2ccc(Br)cc2)N1Cc1ccc(Cl)cc1. The van der Waals surface area contributed by atoms with E-state index in [0.29, 0.717) is 28.1 Å². The lowest BCUT2D eigenvalue weighted by Gasteiger charge is -2.25. The Hall–Kier alpha value is -2.89. The maximum atomic E-state index is 13.4. The fourth-order valence-corrected chi connectivity index (χ4v) is 4.30. The molecule has 1 aliphatic heterocycles. The van der Waals surface area contributed by atoms with E-state index >= 15 is 0 Å². The molecule has 0 aliphatic carbocycles. The standard InChI is InChI=1S/C24H15BrClNO3/c25-16-9-7-15(8-10-16)21-20-22(28)18-3-1-2-4-19(18)30-23(20)24(29)27(21)13-14-5-11-17(26)12-6-14/h1-12,21H,13H2. The first-order chi connectivity index (χ1) is 14.5. The molecule has 0 radical (unpaired) electrons. The van der Waals surface area contributed by atoms with Crippen LogP contribution in [0.4, 0.5) is 0 Å². The maximum absolute atomic E-state index is 13.4. The Bertz CT molecular complexity index is 1330. The van der Waals surface area contributed by atoms with Crippen LogP contribution in [0.3, 0.4) is 0 Å². The molecule has 3 aromatic carbocycles. The number of nitrogens with zero attached hydrogens (tertiary/aromatic N) is 1. The first kappa shape index (κ1) is 19.1. The highest BCUT2D eigenvalue weighted by molar-refractivity contribution is 9.10. The maximum Gasteiger partial charge on any atom is 0.291 e. The summed E-state index contributed by atoms with van der Waals surface area (Å²) in [4.78, 5) is 28.4. The molecule has 2 heterocycles. The van der Waals surface area contributed by atoms with Crippen molar-refractivity contribution in [2.75, 3.05) is 0 Å². The second kappa shape index (κ2) is 7.42. The van der Waals surface area contributed by atoms with Crippen LogP contribution in [0.2, 0.25) is 5.02 Å². The highest BCUT2D eigenvalue weighted by Crippen LogP contribution is 2.39. The summed E-state index contributed by atoms with van der Waals surface area (Å²) in [6, 6.07) is 21.5. The molecule has 0 spiro atoms. The van der Waals surface area contributed by atoms with Gasteiger partial charge in [0.05, 0.1) is 17.0 Å². The third-order valence-electron chi connectivity index (χ3n) is 5.33. The minimum absolute atomic E-state index is 0.112. The number of benzene rings is 3. The normalized spacial score (nSPS) is 15.6. The molecule has 30 heavy (non-hydrogen) atoms. The van der Waals surface area contributed by atoms with Crippen LogP contribution in [0.15, 0.2) is 86.5 Å². The Morgan fingerprint density at radius 3 is 2.37 bits per heavy atom. The number of para-hydroxylation sites is 1.